The molecule has 94 valence electrons. The molecule has 1 aromatic rings. The van der Waals surface area contributed by atoms with Gasteiger partial charge in [0.1, 0.15) is 5.69 Å². The Labute approximate surface area is 104 Å². The van der Waals surface area contributed by atoms with Crippen LogP contribution in [-0.4, -0.2) is 29.1 Å². The van der Waals surface area contributed by atoms with Gasteiger partial charge in [-0.15, -0.1) is 0 Å². The molecule has 0 aromatic carbocycles. The highest BCUT2D eigenvalue weighted by Crippen LogP contribution is 2.27. The normalized spacial score (nSPS) is 17.8. The van der Waals surface area contributed by atoms with Crippen molar-refractivity contribution in [3.63, 3.8) is 0 Å². The van der Waals surface area contributed by atoms with Crippen LogP contribution in [0.1, 0.15) is 40.3 Å². The molecular formula is C13H13NO4. The van der Waals surface area contributed by atoms with Crippen LogP contribution < -0.4 is 0 Å². The van der Waals surface area contributed by atoms with E-state index in [1.54, 1.807) is 19.2 Å². The summed E-state index contributed by atoms with van der Waals surface area (Å²) < 4.78 is 4.75. The Morgan fingerprint density at radius 2 is 2.06 bits per heavy atom. The predicted octanol–water partition coefficient (Wildman–Crippen LogP) is 1.20. The maximum atomic E-state index is 12.0. The molecule has 18 heavy (non-hydrogen) atoms. The maximum absolute atomic E-state index is 12.0. The molecule has 0 saturated heterocycles. The molecule has 1 aliphatic rings. The highest BCUT2D eigenvalue weighted by Gasteiger charge is 2.45. The first-order chi connectivity index (χ1) is 8.60. The van der Waals surface area contributed by atoms with Crippen molar-refractivity contribution in [3.05, 3.63) is 29.1 Å². The van der Waals surface area contributed by atoms with Crippen molar-refractivity contribution in [1.82, 2.24) is 4.98 Å². The van der Waals surface area contributed by atoms with E-state index in [0.717, 1.165) is 5.56 Å². The molecule has 0 N–H and O–H groups in total. The first-order valence-corrected chi connectivity index (χ1v) is 5.84. The average molecular weight is 247 g/mol. The summed E-state index contributed by atoms with van der Waals surface area (Å²) in [6.07, 6.45) is 2.27. The number of carbonyl (C=O) groups excluding carboxylic acids is 3. The number of aryl methyl sites for hydroxylation is 1. The van der Waals surface area contributed by atoms with E-state index in [1.807, 2.05) is 6.92 Å². The number of rotatable bonds is 3. The van der Waals surface area contributed by atoms with Gasteiger partial charge in [0, 0.05) is 11.8 Å². The monoisotopic (exact) mass is 247 g/mol. The summed E-state index contributed by atoms with van der Waals surface area (Å²) in [5.41, 5.74) is 1.17. The van der Waals surface area contributed by atoms with Crippen molar-refractivity contribution in [3.8, 4) is 0 Å². The van der Waals surface area contributed by atoms with Crippen molar-refractivity contribution in [2.45, 2.75) is 20.3 Å². The third-order valence-corrected chi connectivity index (χ3v) is 2.90. The molecule has 1 heterocycles. The number of esters is 1. The van der Waals surface area contributed by atoms with Crippen LogP contribution in [0.25, 0.3) is 0 Å². The third-order valence-electron chi connectivity index (χ3n) is 2.90. The van der Waals surface area contributed by atoms with E-state index < -0.39 is 23.5 Å². The number of carbonyl (C=O) groups is 3. The van der Waals surface area contributed by atoms with Gasteiger partial charge in [-0.05, 0) is 25.0 Å². The van der Waals surface area contributed by atoms with Crippen LogP contribution in [0.2, 0.25) is 0 Å². The quantitative estimate of drug-likeness (QED) is 0.592. The molecule has 1 atom stereocenters. The van der Waals surface area contributed by atoms with E-state index in [-0.39, 0.29) is 17.9 Å². The molecular weight excluding hydrogens is 234 g/mol. The summed E-state index contributed by atoms with van der Waals surface area (Å²) in [5, 5.41) is 0. The van der Waals surface area contributed by atoms with Crippen LogP contribution in [-0.2, 0) is 16.0 Å². The van der Waals surface area contributed by atoms with Crippen molar-refractivity contribution in [2.24, 2.45) is 5.92 Å². The SMILES string of the molecule is CCOC(=O)C1C(=O)c2cc(CC)cnc2C1=O. The average Bonchev–Trinajstić information content (AvgIpc) is 2.62. The minimum atomic E-state index is -1.36. The Morgan fingerprint density at radius 3 is 2.67 bits per heavy atom. The van der Waals surface area contributed by atoms with E-state index in [4.69, 9.17) is 4.74 Å². The number of nitrogens with zero attached hydrogens (tertiary/aromatic N) is 1. The topological polar surface area (TPSA) is 73.3 Å². The van der Waals surface area contributed by atoms with Crippen LogP contribution >= 0.6 is 0 Å². The lowest BCUT2D eigenvalue weighted by Gasteiger charge is -2.04. The lowest BCUT2D eigenvalue weighted by Crippen LogP contribution is -2.27. The van der Waals surface area contributed by atoms with Gasteiger partial charge >= 0.3 is 5.97 Å². The van der Waals surface area contributed by atoms with Crippen LogP contribution in [0.3, 0.4) is 0 Å². The predicted molar refractivity (Wildman–Crippen MR) is 62.4 cm³/mol. The van der Waals surface area contributed by atoms with Gasteiger partial charge in [-0.2, -0.15) is 0 Å². The summed E-state index contributed by atoms with van der Waals surface area (Å²) in [5.74, 6) is -3.21. The first-order valence-electron chi connectivity index (χ1n) is 5.84. The second-order valence-corrected chi connectivity index (χ2v) is 4.01. The van der Waals surface area contributed by atoms with E-state index in [1.165, 1.54) is 0 Å². The Hall–Kier alpha value is -2.04. The van der Waals surface area contributed by atoms with Gasteiger partial charge in [-0.25, -0.2) is 0 Å². The second-order valence-electron chi connectivity index (χ2n) is 4.01. The lowest BCUT2D eigenvalue weighted by atomic mass is 10.0. The summed E-state index contributed by atoms with van der Waals surface area (Å²) in [6, 6.07) is 1.63. The number of aromatic nitrogens is 1. The Balaban J connectivity index is 2.40. The summed E-state index contributed by atoms with van der Waals surface area (Å²) >= 11 is 0. The Bertz CT molecular complexity index is 536. The molecule has 0 fully saturated rings. The summed E-state index contributed by atoms with van der Waals surface area (Å²) in [7, 11) is 0. The molecule has 5 heteroatoms. The van der Waals surface area contributed by atoms with Gasteiger partial charge in [0.2, 0.25) is 5.78 Å². The number of ether oxygens (including phenoxy) is 1. The van der Waals surface area contributed by atoms with Crippen molar-refractivity contribution in [1.29, 1.82) is 0 Å². The smallest absolute Gasteiger partial charge is 0.324 e. The fourth-order valence-corrected chi connectivity index (χ4v) is 1.94. The van der Waals surface area contributed by atoms with Crippen molar-refractivity contribution >= 4 is 17.5 Å². The fraction of sp³-hybridized carbons (Fsp3) is 0.385. The van der Waals surface area contributed by atoms with E-state index in [0.29, 0.717) is 6.42 Å². The molecule has 0 radical (unpaired) electrons. The number of ketones is 2. The van der Waals surface area contributed by atoms with E-state index in [9.17, 15) is 14.4 Å². The second kappa shape index (κ2) is 4.68. The number of pyridine rings is 1. The highest BCUT2D eigenvalue weighted by atomic mass is 16.5. The van der Waals surface area contributed by atoms with Gasteiger partial charge < -0.3 is 4.74 Å². The van der Waals surface area contributed by atoms with Crippen LogP contribution in [0.4, 0.5) is 0 Å². The zero-order chi connectivity index (χ0) is 13.3. The van der Waals surface area contributed by atoms with E-state index in [2.05, 4.69) is 4.98 Å². The van der Waals surface area contributed by atoms with Gasteiger partial charge in [0.25, 0.3) is 0 Å². The number of hydrogen-bond donors (Lipinski definition) is 0. The lowest BCUT2D eigenvalue weighted by molar-refractivity contribution is -0.144. The minimum Gasteiger partial charge on any atom is -0.465 e. The van der Waals surface area contributed by atoms with Crippen LogP contribution in [0.5, 0.6) is 0 Å². The highest BCUT2D eigenvalue weighted by molar-refractivity contribution is 6.33. The molecule has 0 amide bonds. The maximum Gasteiger partial charge on any atom is 0.324 e. The minimum absolute atomic E-state index is 0.0789. The molecule has 1 unspecified atom stereocenters. The Morgan fingerprint density at radius 1 is 1.33 bits per heavy atom. The first kappa shape index (κ1) is 12.4. The van der Waals surface area contributed by atoms with E-state index >= 15 is 0 Å². The fourth-order valence-electron chi connectivity index (χ4n) is 1.94. The molecule has 2 rings (SSSR count). The van der Waals surface area contributed by atoms with Gasteiger partial charge in [-0.1, -0.05) is 6.92 Å². The Kier molecular flexibility index (Phi) is 3.23. The molecule has 0 aliphatic heterocycles. The summed E-state index contributed by atoms with van der Waals surface area (Å²) in [4.78, 5) is 39.5. The van der Waals surface area contributed by atoms with Gasteiger partial charge in [0.05, 0.1) is 6.61 Å². The molecule has 0 spiro atoms. The summed E-state index contributed by atoms with van der Waals surface area (Å²) in [6.45, 7) is 3.69. The molecule has 1 aromatic heterocycles. The standard InChI is InChI=1S/C13H13NO4/c1-3-7-5-8-10(14-6-7)12(16)9(11(8)15)13(17)18-4-2/h5-6,9H,3-4H2,1-2H3. The number of Topliss-reactive ketones (excluding diaryl/α,β-unsaturated/α-hetero) is 2. The zero-order valence-electron chi connectivity index (χ0n) is 10.2. The molecule has 1 aliphatic carbocycles. The molecule has 0 bridgehead atoms. The zero-order valence-corrected chi connectivity index (χ0v) is 10.2. The van der Waals surface area contributed by atoms with Gasteiger partial charge in [0.15, 0.2) is 11.7 Å². The van der Waals surface area contributed by atoms with Crippen molar-refractivity contribution in [2.75, 3.05) is 6.61 Å². The van der Waals surface area contributed by atoms with Crippen molar-refractivity contribution < 1.29 is 19.1 Å². The van der Waals surface area contributed by atoms with Crippen LogP contribution in [0.15, 0.2) is 12.3 Å². The number of hydrogen-bond acceptors (Lipinski definition) is 5. The van der Waals surface area contributed by atoms with Crippen LogP contribution in [0, 0.1) is 5.92 Å². The largest absolute Gasteiger partial charge is 0.465 e. The van der Waals surface area contributed by atoms with Gasteiger partial charge in [-0.3, -0.25) is 19.4 Å². The molecule has 0 saturated carbocycles. The molecule has 5 nitrogen and oxygen atoms in total. The number of fused-ring (bicyclic) bond motifs is 1. The third kappa shape index (κ3) is 1.81.